The molecule has 0 aliphatic heterocycles. The molecule has 0 unspecified atom stereocenters. The smallest absolute Gasteiger partial charge is 0.176 e. The Morgan fingerprint density at radius 3 is 3.11 bits per heavy atom. The van der Waals surface area contributed by atoms with E-state index in [1.165, 1.54) is 29.9 Å². The first-order valence-electron chi connectivity index (χ1n) is 5.97. The van der Waals surface area contributed by atoms with E-state index in [9.17, 15) is 0 Å². The van der Waals surface area contributed by atoms with E-state index in [2.05, 4.69) is 25.7 Å². The van der Waals surface area contributed by atoms with Crippen molar-refractivity contribution < 1.29 is 0 Å². The quantitative estimate of drug-likeness (QED) is 0.911. The maximum absolute atomic E-state index is 4.44. The fourth-order valence-electron chi connectivity index (χ4n) is 1.59. The van der Waals surface area contributed by atoms with E-state index in [0.717, 1.165) is 21.7 Å². The van der Waals surface area contributed by atoms with Gasteiger partial charge in [0.25, 0.3) is 0 Å². The van der Waals surface area contributed by atoms with Crippen LogP contribution >= 0.6 is 23.3 Å². The van der Waals surface area contributed by atoms with E-state index in [-0.39, 0.29) is 0 Å². The van der Waals surface area contributed by atoms with Crippen molar-refractivity contribution >= 4 is 23.3 Å². The molecule has 18 heavy (non-hydrogen) atoms. The third kappa shape index (κ3) is 3.07. The lowest BCUT2D eigenvalue weighted by atomic mass is 10.3. The Kier molecular flexibility index (Phi) is 3.58. The molecule has 94 valence electrons. The zero-order valence-corrected chi connectivity index (χ0v) is 11.7. The summed E-state index contributed by atoms with van der Waals surface area (Å²) in [5, 5.41) is 4.55. The maximum Gasteiger partial charge on any atom is 0.176 e. The minimum Gasteiger partial charge on any atom is -0.310 e. The lowest BCUT2D eigenvalue weighted by Crippen LogP contribution is -2.16. The van der Waals surface area contributed by atoms with Gasteiger partial charge in [-0.25, -0.2) is 9.97 Å². The predicted molar refractivity (Wildman–Crippen MR) is 72.9 cm³/mol. The first-order chi connectivity index (χ1) is 8.81. The average Bonchev–Trinajstić information content (AvgIpc) is 3.12. The molecule has 0 radical (unpaired) electrons. The van der Waals surface area contributed by atoms with Crippen LogP contribution in [0.1, 0.15) is 24.2 Å². The molecule has 0 amide bonds. The largest absolute Gasteiger partial charge is 0.310 e. The summed E-state index contributed by atoms with van der Waals surface area (Å²) in [7, 11) is 0. The Hall–Kier alpha value is -0.980. The molecule has 1 aliphatic carbocycles. The predicted octanol–water partition coefficient (Wildman–Crippen LogP) is 2.64. The molecule has 1 fully saturated rings. The van der Waals surface area contributed by atoms with E-state index in [4.69, 9.17) is 0 Å². The van der Waals surface area contributed by atoms with Gasteiger partial charge in [0.15, 0.2) is 4.34 Å². The number of pyridine rings is 1. The van der Waals surface area contributed by atoms with Crippen molar-refractivity contribution in [2.45, 2.75) is 41.7 Å². The molecule has 2 aromatic heterocycles. The van der Waals surface area contributed by atoms with Crippen LogP contribution < -0.4 is 5.32 Å². The summed E-state index contributed by atoms with van der Waals surface area (Å²) in [6.45, 7) is 2.80. The van der Waals surface area contributed by atoms with Gasteiger partial charge < -0.3 is 5.32 Å². The lowest BCUT2D eigenvalue weighted by molar-refractivity contribution is 0.675. The minimum absolute atomic E-state index is 0.715. The van der Waals surface area contributed by atoms with Gasteiger partial charge >= 0.3 is 0 Å². The number of aryl methyl sites for hydroxylation is 1. The Labute approximate surface area is 114 Å². The summed E-state index contributed by atoms with van der Waals surface area (Å²) in [5.41, 5.74) is 1.24. The Bertz CT molecular complexity index is 536. The second-order valence-corrected chi connectivity index (χ2v) is 6.32. The van der Waals surface area contributed by atoms with E-state index in [1.807, 2.05) is 19.2 Å². The van der Waals surface area contributed by atoms with Crippen LogP contribution in [0, 0.1) is 6.92 Å². The highest BCUT2D eigenvalue weighted by Crippen LogP contribution is 2.30. The summed E-state index contributed by atoms with van der Waals surface area (Å²) >= 11 is 3.03. The van der Waals surface area contributed by atoms with Gasteiger partial charge in [-0.15, -0.1) is 0 Å². The molecule has 2 heterocycles. The molecule has 1 saturated carbocycles. The highest BCUT2D eigenvalue weighted by molar-refractivity contribution is 8.00. The molecule has 0 atom stereocenters. The van der Waals surface area contributed by atoms with Crippen molar-refractivity contribution in [2.24, 2.45) is 0 Å². The third-order valence-electron chi connectivity index (χ3n) is 2.70. The molecule has 4 nitrogen and oxygen atoms in total. The van der Waals surface area contributed by atoms with Crippen molar-refractivity contribution in [1.82, 2.24) is 19.7 Å². The van der Waals surface area contributed by atoms with Gasteiger partial charge in [-0.2, -0.15) is 4.37 Å². The molecule has 0 aromatic carbocycles. The van der Waals surface area contributed by atoms with Crippen molar-refractivity contribution in [3.05, 3.63) is 29.7 Å². The van der Waals surface area contributed by atoms with E-state index >= 15 is 0 Å². The van der Waals surface area contributed by atoms with Crippen molar-refractivity contribution in [3.63, 3.8) is 0 Å². The van der Waals surface area contributed by atoms with E-state index < -0.39 is 0 Å². The van der Waals surface area contributed by atoms with Crippen LogP contribution in [-0.4, -0.2) is 20.4 Å². The van der Waals surface area contributed by atoms with Crippen LogP contribution in [0.15, 0.2) is 27.7 Å². The second-order valence-electron chi connectivity index (χ2n) is 4.33. The van der Waals surface area contributed by atoms with E-state index in [1.54, 1.807) is 11.8 Å². The summed E-state index contributed by atoms with van der Waals surface area (Å²) in [4.78, 5) is 8.81. The molecule has 2 aromatic rings. The van der Waals surface area contributed by atoms with Crippen LogP contribution in [0.4, 0.5) is 0 Å². The summed E-state index contributed by atoms with van der Waals surface area (Å²) in [6.07, 6.45) is 4.44. The van der Waals surface area contributed by atoms with Crippen LogP contribution in [0.5, 0.6) is 0 Å². The van der Waals surface area contributed by atoms with Crippen molar-refractivity contribution in [1.29, 1.82) is 0 Å². The van der Waals surface area contributed by atoms with Gasteiger partial charge in [0.05, 0.1) is 0 Å². The molecule has 3 rings (SSSR count). The normalized spacial score (nSPS) is 14.9. The summed E-state index contributed by atoms with van der Waals surface area (Å²) in [6, 6.07) is 4.82. The Morgan fingerprint density at radius 2 is 2.39 bits per heavy atom. The van der Waals surface area contributed by atoms with Crippen LogP contribution in [0.3, 0.4) is 0 Å². The number of hydrogen-bond acceptors (Lipinski definition) is 6. The monoisotopic (exact) mass is 278 g/mol. The van der Waals surface area contributed by atoms with Gasteiger partial charge in [-0.1, -0.05) is 6.07 Å². The fourth-order valence-corrected chi connectivity index (χ4v) is 3.24. The van der Waals surface area contributed by atoms with Crippen molar-refractivity contribution in [3.8, 4) is 0 Å². The minimum atomic E-state index is 0.715. The molecule has 1 N–H and O–H groups in total. The molecule has 0 spiro atoms. The number of nitrogens with zero attached hydrogens (tertiary/aromatic N) is 3. The SMILES string of the molecule is Cc1nsc(Sc2ncccc2CNC2CC2)n1. The second kappa shape index (κ2) is 5.34. The number of nitrogens with one attached hydrogen (secondary N) is 1. The highest BCUT2D eigenvalue weighted by Gasteiger charge is 2.20. The third-order valence-corrected chi connectivity index (χ3v) is 4.60. The molecular weight excluding hydrogens is 264 g/mol. The zero-order chi connectivity index (χ0) is 12.4. The molecule has 0 saturated heterocycles. The van der Waals surface area contributed by atoms with Gasteiger partial charge in [0.1, 0.15) is 10.9 Å². The summed E-state index contributed by atoms with van der Waals surface area (Å²) in [5.74, 6) is 0.830. The van der Waals surface area contributed by atoms with Crippen LogP contribution in [-0.2, 0) is 6.54 Å². The number of hydrogen-bond donors (Lipinski definition) is 1. The van der Waals surface area contributed by atoms with E-state index in [0.29, 0.717) is 6.04 Å². The number of aromatic nitrogens is 3. The van der Waals surface area contributed by atoms with Crippen LogP contribution in [0.2, 0.25) is 0 Å². The maximum atomic E-state index is 4.44. The lowest BCUT2D eigenvalue weighted by Gasteiger charge is -2.07. The average molecular weight is 278 g/mol. The molecular formula is C12H14N4S2. The van der Waals surface area contributed by atoms with Gasteiger partial charge in [0.2, 0.25) is 0 Å². The first kappa shape index (κ1) is 12.1. The van der Waals surface area contributed by atoms with Crippen molar-refractivity contribution in [2.75, 3.05) is 0 Å². The van der Waals surface area contributed by atoms with Crippen LogP contribution in [0.25, 0.3) is 0 Å². The highest BCUT2D eigenvalue weighted by atomic mass is 32.2. The standard InChI is InChI=1S/C12H14N4S2/c1-8-15-12(18-16-8)17-11-9(3-2-6-13-11)7-14-10-4-5-10/h2-3,6,10,14H,4-5,7H2,1H3. The molecule has 1 aliphatic rings. The summed E-state index contributed by atoms with van der Waals surface area (Å²) < 4.78 is 5.15. The fraction of sp³-hybridized carbons (Fsp3) is 0.417. The molecule has 6 heteroatoms. The Morgan fingerprint density at radius 1 is 1.50 bits per heavy atom. The Balaban J connectivity index is 1.73. The zero-order valence-electron chi connectivity index (χ0n) is 10.1. The van der Waals surface area contributed by atoms with Gasteiger partial charge in [0, 0.05) is 18.8 Å². The molecule has 0 bridgehead atoms. The topological polar surface area (TPSA) is 50.7 Å². The van der Waals surface area contributed by atoms with Gasteiger partial charge in [-0.3, -0.25) is 0 Å². The first-order valence-corrected chi connectivity index (χ1v) is 7.56. The van der Waals surface area contributed by atoms with Gasteiger partial charge in [-0.05, 0) is 54.7 Å². The number of rotatable bonds is 5.